The second-order valence-corrected chi connectivity index (χ2v) is 12.2. The summed E-state index contributed by atoms with van der Waals surface area (Å²) in [6.45, 7) is 0. The molecule has 9 nitrogen and oxygen atoms in total. The molecule has 0 aliphatic carbocycles. The quantitative estimate of drug-likeness (QED) is 0.128. The Morgan fingerprint density at radius 1 is 0.591 bits per heavy atom. The molecule has 2 N–H and O–H groups in total. The minimum absolute atomic E-state index is 0.260. The zero-order valence-corrected chi connectivity index (χ0v) is 24.3. The fraction of sp³-hybridized carbons (Fsp3) is 0.0800. The molecule has 0 aromatic carbocycles. The average molecular weight is 688 g/mol. The number of aromatic nitrogens is 3. The number of nitrogens with one attached hydrogen (secondary N) is 2. The second-order valence-electron chi connectivity index (χ2n) is 8.32. The Morgan fingerprint density at radius 3 is 1.34 bits per heavy atom. The Hall–Kier alpha value is -4.33. The first-order chi connectivity index (χ1) is 20.7. The van der Waals surface area contributed by atoms with Gasteiger partial charge in [-0.3, -0.25) is 29.8 Å². The van der Waals surface area contributed by atoms with Crippen molar-refractivity contribution in [2.24, 2.45) is 0 Å². The number of Topliss-reactive ketones (excluding diaryl/α,β-unsaturated/α-hetero) is 2. The zero-order valence-electron chi connectivity index (χ0n) is 21.1. The lowest BCUT2D eigenvalue weighted by Gasteiger charge is -2.04. The SMILES string of the molecule is O=C(Nc1nc(-c2cccs2)c(C(=O)C(F)(F)F)s1)c1cccc(C(=O)Nc2nc(-c3cccs3)c(C(=O)C(F)(F)F)s2)n1. The molecule has 19 heteroatoms. The van der Waals surface area contributed by atoms with E-state index in [1.165, 1.54) is 30.3 Å². The van der Waals surface area contributed by atoms with E-state index in [0.29, 0.717) is 22.7 Å². The summed E-state index contributed by atoms with van der Waals surface area (Å²) in [6.07, 6.45) is -10.4. The van der Waals surface area contributed by atoms with Gasteiger partial charge in [0, 0.05) is 0 Å². The summed E-state index contributed by atoms with van der Waals surface area (Å²) in [5, 5.41) is 6.98. The van der Waals surface area contributed by atoms with Crippen molar-refractivity contribution < 1.29 is 45.5 Å². The van der Waals surface area contributed by atoms with E-state index in [1.54, 1.807) is 22.9 Å². The normalized spacial score (nSPS) is 11.8. The van der Waals surface area contributed by atoms with Crippen LogP contribution in [0.15, 0.2) is 53.2 Å². The Bertz CT molecular complexity index is 1750. The minimum Gasteiger partial charge on any atom is -0.296 e. The van der Waals surface area contributed by atoms with Gasteiger partial charge in [-0.25, -0.2) is 15.0 Å². The number of thiophene rings is 2. The lowest BCUT2D eigenvalue weighted by molar-refractivity contribution is -0.0885. The van der Waals surface area contributed by atoms with E-state index < -0.39 is 45.5 Å². The molecule has 0 saturated carbocycles. The third-order valence-electron chi connectivity index (χ3n) is 5.35. The van der Waals surface area contributed by atoms with Gasteiger partial charge in [0.25, 0.3) is 23.4 Å². The van der Waals surface area contributed by atoms with Gasteiger partial charge >= 0.3 is 12.4 Å². The molecule has 0 bridgehead atoms. The number of anilines is 2. The van der Waals surface area contributed by atoms with Crippen molar-refractivity contribution in [2.45, 2.75) is 12.4 Å². The third kappa shape index (κ3) is 6.59. The van der Waals surface area contributed by atoms with Crippen molar-refractivity contribution in [1.29, 1.82) is 0 Å². The van der Waals surface area contributed by atoms with Crippen LogP contribution in [-0.4, -0.2) is 50.7 Å². The average Bonchev–Trinajstić information content (AvgIpc) is 3.77. The largest absolute Gasteiger partial charge is 0.455 e. The number of pyridine rings is 1. The van der Waals surface area contributed by atoms with Gasteiger partial charge in [-0.2, -0.15) is 26.3 Å². The van der Waals surface area contributed by atoms with Crippen LogP contribution in [0.25, 0.3) is 21.1 Å². The van der Waals surface area contributed by atoms with Gasteiger partial charge in [0.15, 0.2) is 10.3 Å². The minimum atomic E-state index is -5.19. The highest BCUT2D eigenvalue weighted by atomic mass is 32.1. The fourth-order valence-electron chi connectivity index (χ4n) is 3.48. The molecule has 0 aliphatic heterocycles. The number of rotatable bonds is 8. The number of amides is 2. The number of halogens is 6. The van der Waals surface area contributed by atoms with Gasteiger partial charge < -0.3 is 0 Å². The standard InChI is InChI=1S/C25H11F6N5O4S4/c26-24(27,28)18(37)16-14(12-6-2-8-41-12)33-22(43-16)35-20(39)10-4-1-5-11(32-10)21(40)36-23-34-15(13-7-3-9-42-13)17(44-23)19(38)25(29,30)31/h1-9H,(H,33,35,39)(H,34,36,40). The lowest BCUT2D eigenvalue weighted by Crippen LogP contribution is -2.22. The van der Waals surface area contributed by atoms with Crippen molar-refractivity contribution in [3.8, 4) is 21.1 Å². The predicted octanol–water partition coefficient (Wildman–Crippen LogP) is 7.45. The summed E-state index contributed by atoms with van der Waals surface area (Å²) >= 11 is 2.68. The molecule has 5 rings (SSSR count). The highest BCUT2D eigenvalue weighted by Crippen LogP contribution is 2.39. The molecule has 5 aromatic heterocycles. The maximum atomic E-state index is 13.2. The monoisotopic (exact) mass is 687 g/mol. The Kier molecular flexibility index (Phi) is 8.47. The molecule has 0 aliphatic rings. The second kappa shape index (κ2) is 12.0. The fourth-order valence-corrected chi connectivity index (χ4v) is 6.92. The molecule has 0 radical (unpaired) electrons. The number of carbonyl (C=O) groups is 4. The van der Waals surface area contributed by atoms with E-state index in [1.807, 2.05) is 0 Å². The molecule has 226 valence electrons. The van der Waals surface area contributed by atoms with Crippen LogP contribution in [0, 0.1) is 0 Å². The van der Waals surface area contributed by atoms with E-state index in [0.717, 1.165) is 22.7 Å². The molecule has 44 heavy (non-hydrogen) atoms. The number of nitrogens with zero attached hydrogens (tertiary/aromatic N) is 3. The van der Waals surface area contributed by atoms with Gasteiger partial charge in [0.05, 0.1) is 9.75 Å². The summed E-state index contributed by atoms with van der Waals surface area (Å²) < 4.78 is 79.1. The number of thiazole rings is 2. The van der Waals surface area contributed by atoms with Crippen LogP contribution in [0.5, 0.6) is 0 Å². The number of hydrogen-bond donors (Lipinski definition) is 2. The molecular formula is C25H11F6N5O4S4. The first kappa shape index (κ1) is 31.1. The highest BCUT2D eigenvalue weighted by Gasteiger charge is 2.43. The first-order valence-electron chi connectivity index (χ1n) is 11.6. The maximum absolute atomic E-state index is 13.2. The van der Waals surface area contributed by atoms with E-state index >= 15 is 0 Å². The molecular weight excluding hydrogens is 677 g/mol. The molecule has 5 heterocycles. The molecule has 0 spiro atoms. The smallest absolute Gasteiger partial charge is 0.296 e. The van der Waals surface area contributed by atoms with E-state index in [4.69, 9.17) is 0 Å². The van der Waals surface area contributed by atoms with Crippen LogP contribution >= 0.6 is 45.3 Å². The van der Waals surface area contributed by atoms with Gasteiger partial charge in [0.1, 0.15) is 32.5 Å². The van der Waals surface area contributed by atoms with Crippen LogP contribution in [0.3, 0.4) is 0 Å². The van der Waals surface area contributed by atoms with Crippen molar-refractivity contribution in [1.82, 2.24) is 15.0 Å². The molecule has 2 amide bonds. The van der Waals surface area contributed by atoms with Crippen LogP contribution in [0.1, 0.15) is 40.3 Å². The van der Waals surface area contributed by atoms with Crippen LogP contribution < -0.4 is 10.6 Å². The predicted molar refractivity (Wildman–Crippen MR) is 152 cm³/mol. The number of ketones is 2. The van der Waals surface area contributed by atoms with E-state index in [9.17, 15) is 45.5 Å². The van der Waals surface area contributed by atoms with Crippen LogP contribution in [0.4, 0.5) is 36.6 Å². The molecule has 0 fully saturated rings. The van der Waals surface area contributed by atoms with Crippen LogP contribution in [0.2, 0.25) is 0 Å². The number of hydrogen-bond acceptors (Lipinski definition) is 11. The third-order valence-corrected chi connectivity index (χ3v) is 9.04. The molecule has 0 atom stereocenters. The first-order valence-corrected chi connectivity index (χ1v) is 15.0. The summed E-state index contributed by atoms with van der Waals surface area (Å²) in [6, 6.07) is 9.62. The molecule has 0 unspecified atom stereocenters. The van der Waals surface area contributed by atoms with E-state index in [-0.39, 0.29) is 42.8 Å². The van der Waals surface area contributed by atoms with Crippen LogP contribution in [-0.2, 0) is 0 Å². The van der Waals surface area contributed by atoms with Gasteiger partial charge in [0.2, 0.25) is 0 Å². The van der Waals surface area contributed by atoms with Crippen molar-refractivity contribution in [3.63, 3.8) is 0 Å². The Labute approximate surface area is 257 Å². The van der Waals surface area contributed by atoms with Crippen molar-refractivity contribution in [3.05, 3.63) is 74.4 Å². The van der Waals surface area contributed by atoms with Gasteiger partial charge in [-0.15, -0.1) is 22.7 Å². The summed E-state index contributed by atoms with van der Waals surface area (Å²) in [5.74, 6) is -6.24. The number of alkyl halides is 6. The number of carbonyl (C=O) groups excluding carboxylic acids is 4. The lowest BCUT2D eigenvalue weighted by atomic mass is 10.2. The van der Waals surface area contributed by atoms with E-state index in [2.05, 4.69) is 25.6 Å². The zero-order chi connectivity index (χ0) is 31.8. The van der Waals surface area contributed by atoms with Gasteiger partial charge in [-0.1, -0.05) is 40.9 Å². The highest BCUT2D eigenvalue weighted by molar-refractivity contribution is 7.19. The summed E-state index contributed by atoms with van der Waals surface area (Å²) in [7, 11) is 0. The molecule has 0 saturated heterocycles. The Balaban J connectivity index is 1.37. The summed E-state index contributed by atoms with van der Waals surface area (Å²) in [5.41, 5.74) is -1.28. The van der Waals surface area contributed by atoms with Crippen molar-refractivity contribution >= 4 is 79.0 Å². The maximum Gasteiger partial charge on any atom is 0.455 e. The van der Waals surface area contributed by atoms with Crippen molar-refractivity contribution in [2.75, 3.05) is 10.6 Å². The summed E-state index contributed by atoms with van der Waals surface area (Å²) in [4.78, 5) is 60.7. The molecule has 5 aromatic rings. The topological polar surface area (TPSA) is 131 Å². The Morgan fingerprint density at radius 2 is 1.00 bits per heavy atom. The van der Waals surface area contributed by atoms with Gasteiger partial charge in [-0.05, 0) is 35.0 Å².